The van der Waals surface area contributed by atoms with Crippen molar-refractivity contribution in [1.29, 1.82) is 0 Å². The number of ether oxygens (including phenoxy) is 1. The maximum atomic E-state index is 5.56. The van der Waals surface area contributed by atoms with Crippen LogP contribution in [0.5, 0.6) is 0 Å². The third kappa shape index (κ3) is 4.80. The first kappa shape index (κ1) is 12.0. The van der Waals surface area contributed by atoms with E-state index in [-0.39, 0.29) is 0 Å². The standard InChI is InChI=1S/C14H20O/c1-12(2)13(3)9-10-15-11-14-7-5-4-6-8-14/h4-9,12H,10-11H2,1-3H3. The van der Waals surface area contributed by atoms with Crippen LogP contribution in [0.15, 0.2) is 42.0 Å². The lowest BCUT2D eigenvalue weighted by molar-refractivity contribution is 0.148. The summed E-state index contributed by atoms with van der Waals surface area (Å²) in [7, 11) is 0. The Labute approximate surface area is 92.8 Å². The summed E-state index contributed by atoms with van der Waals surface area (Å²) in [5, 5.41) is 0. The van der Waals surface area contributed by atoms with Crippen molar-refractivity contribution in [3.63, 3.8) is 0 Å². The van der Waals surface area contributed by atoms with Crippen LogP contribution in [-0.2, 0) is 11.3 Å². The van der Waals surface area contributed by atoms with E-state index in [4.69, 9.17) is 4.74 Å². The van der Waals surface area contributed by atoms with Gasteiger partial charge in [0.1, 0.15) is 0 Å². The molecule has 0 heterocycles. The lowest BCUT2D eigenvalue weighted by Crippen LogP contribution is -1.95. The van der Waals surface area contributed by atoms with E-state index in [2.05, 4.69) is 39.0 Å². The van der Waals surface area contributed by atoms with E-state index in [0.29, 0.717) is 19.1 Å². The molecule has 0 unspecified atom stereocenters. The summed E-state index contributed by atoms with van der Waals surface area (Å²) in [4.78, 5) is 0. The molecule has 0 spiro atoms. The molecule has 82 valence electrons. The first-order valence-corrected chi connectivity index (χ1v) is 5.48. The Bertz CT molecular complexity index is 298. The van der Waals surface area contributed by atoms with E-state index in [0.717, 1.165) is 0 Å². The molecule has 0 fully saturated rings. The van der Waals surface area contributed by atoms with Crippen LogP contribution in [0.4, 0.5) is 0 Å². The largest absolute Gasteiger partial charge is 0.373 e. The highest BCUT2D eigenvalue weighted by atomic mass is 16.5. The molecule has 0 atom stereocenters. The van der Waals surface area contributed by atoms with Crippen molar-refractivity contribution in [2.75, 3.05) is 6.61 Å². The highest BCUT2D eigenvalue weighted by molar-refractivity contribution is 5.13. The van der Waals surface area contributed by atoms with Crippen LogP contribution in [-0.4, -0.2) is 6.61 Å². The number of rotatable bonds is 5. The normalized spacial score (nSPS) is 12.1. The van der Waals surface area contributed by atoms with Gasteiger partial charge in [-0.1, -0.05) is 55.8 Å². The number of allylic oxidation sites excluding steroid dienone is 1. The molecular formula is C14H20O. The third-order valence-corrected chi connectivity index (χ3v) is 2.55. The van der Waals surface area contributed by atoms with E-state index in [1.807, 2.05) is 18.2 Å². The van der Waals surface area contributed by atoms with Gasteiger partial charge in [0.25, 0.3) is 0 Å². The maximum Gasteiger partial charge on any atom is 0.0721 e. The Morgan fingerprint density at radius 3 is 2.53 bits per heavy atom. The van der Waals surface area contributed by atoms with Crippen LogP contribution in [0.1, 0.15) is 26.3 Å². The molecule has 0 N–H and O–H groups in total. The molecule has 1 aromatic rings. The second kappa shape index (κ2) is 6.41. The molecule has 1 aromatic carbocycles. The molecule has 0 aliphatic carbocycles. The van der Waals surface area contributed by atoms with Gasteiger partial charge in [0.05, 0.1) is 13.2 Å². The Balaban J connectivity index is 2.26. The van der Waals surface area contributed by atoms with Gasteiger partial charge in [0.15, 0.2) is 0 Å². The fourth-order valence-corrected chi connectivity index (χ4v) is 1.18. The first-order valence-electron chi connectivity index (χ1n) is 5.48. The second-order valence-corrected chi connectivity index (χ2v) is 4.10. The minimum absolute atomic E-state index is 0.616. The molecule has 0 amide bonds. The maximum absolute atomic E-state index is 5.56. The summed E-state index contributed by atoms with van der Waals surface area (Å²) in [6.07, 6.45) is 2.16. The quantitative estimate of drug-likeness (QED) is 0.523. The summed E-state index contributed by atoms with van der Waals surface area (Å²) in [5.41, 5.74) is 2.62. The molecule has 0 aromatic heterocycles. The lowest BCUT2D eigenvalue weighted by Gasteiger charge is -2.05. The van der Waals surface area contributed by atoms with Crippen LogP contribution in [0.3, 0.4) is 0 Å². The molecule has 0 saturated heterocycles. The van der Waals surface area contributed by atoms with Gasteiger partial charge in [0, 0.05) is 0 Å². The molecule has 0 aliphatic rings. The minimum atomic E-state index is 0.616. The van der Waals surface area contributed by atoms with E-state index in [1.165, 1.54) is 11.1 Å². The zero-order valence-corrected chi connectivity index (χ0v) is 9.86. The van der Waals surface area contributed by atoms with Crippen molar-refractivity contribution < 1.29 is 4.74 Å². The highest BCUT2D eigenvalue weighted by Crippen LogP contribution is 2.07. The zero-order valence-electron chi connectivity index (χ0n) is 9.86. The van der Waals surface area contributed by atoms with Gasteiger partial charge in [-0.2, -0.15) is 0 Å². The van der Waals surface area contributed by atoms with Gasteiger partial charge >= 0.3 is 0 Å². The average Bonchev–Trinajstić information content (AvgIpc) is 2.25. The molecule has 0 saturated carbocycles. The molecular weight excluding hydrogens is 184 g/mol. The van der Waals surface area contributed by atoms with Crippen molar-refractivity contribution in [3.05, 3.63) is 47.5 Å². The molecule has 0 radical (unpaired) electrons. The smallest absolute Gasteiger partial charge is 0.0721 e. The van der Waals surface area contributed by atoms with Gasteiger partial charge < -0.3 is 4.74 Å². The topological polar surface area (TPSA) is 9.23 Å². The van der Waals surface area contributed by atoms with Crippen molar-refractivity contribution in [3.8, 4) is 0 Å². The predicted molar refractivity (Wildman–Crippen MR) is 64.7 cm³/mol. The van der Waals surface area contributed by atoms with Crippen molar-refractivity contribution in [2.24, 2.45) is 5.92 Å². The Morgan fingerprint density at radius 2 is 1.93 bits per heavy atom. The lowest BCUT2D eigenvalue weighted by atomic mass is 10.1. The summed E-state index contributed by atoms with van der Waals surface area (Å²) in [6.45, 7) is 7.95. The summed E-state index contributed by atoms with van der Waals surface area (Å²) < 4.78 is 5.56. The summed E-state index contributed by atoms with van der Waals surface area (Å²) in [5.74, 6) is 0.616. The fourth-order valence-electron chi connectivity index (χ4n) is 1.18. The summed E-state index contributed by atoms with van der Waals surface area (Å²) in [6, 6.07) is 10.3. The van der Waals surface area contributed by atoms with Gasteiger partial charge in [-0.05, 0) is 18.4 Å². The number of benzene rings is 1. The Kier molecular flexibility index (Phi) is 5.13. The van der Waals surface area contributed by atoms with Crippen LogP contribution in [0.25, 0.3) is 0 Å². The molecule has 15 heavy (non-hydrogen) atoms. The monoisotopic (exact) mass is 204 g/mol. The van der Waals surface area contributed by atoms with Crippen molar-refractivity contribution >= 4 is 0 Å². The Morgan fingerprint density at radius 1 is 1.27 bits per heavy atom. The van der Waals surface area contributed by atoms with Crippen LogP contribution < -0.4 is 0 Å². The SMILES string of the molecule is CC(=CCOCc1ccccc1)C(C)C. The van der Waals surface area contributed by atoms with Gasteiger partial charge in [-0.3, -0.25) is 0 Å². The van der Waals surface area contributed by atoms with Crippen LogP contribution >= 0.6 is 0 Å². The summed E-state index contributed by atoms with van der Waals surface area (Å²) >= 11 is 0. The molecule has 0 bridgehead atoms. The second-order valence-electron chi connectivity index (χ2n) is 4.10. The third-order valence-electron chi connectivity index (χ3n) is 2.55. The van der Waals surface area contributed by atoms with E-state index < -0.39 is 0 Å². The van der Waals surface area contributed by atoms with E-state index in [1.54, 1.807) is 0 Å². The first-order chi connectivity index (χ1) is 7.20. The predicted octanol–water partition coefficient (Wildman–Crippen LogP) is 3.81. The molecule has 1 nitrogen and oxygen atoms in total. The number of hydrogen-bond donors (Lipinski definition) is 0. The van der Waals surface area contributed by atoms with Crippen molar-refractivity contribution in [2.45, 2.75) is 27.4 Å². The molecule has 0 aliphatic heterocycles. The van der Waals surface area contributed by atoms with Gasteiger partial charge in [0.2, 0.25) is 0 Å². The van der Waals surface area contributed by atoms with E-state index >= 15 is 0 Å². The minimum Gasteiger partial charge on any atom is -0.373 e. The molecule has 1 heteroatoms. The average molecular weight is 204 g/mol. The molecule has 1 rings (SSSR count). The highest BCUT2D eigenvalue weighted by Gasteiger charge is 1.95. The van der Waals surface area contributed by atoms with Gasteiger partial charge in [-0.15, -0.1) is 0 Å². The Hall–Kier alpha value is -1.08. The number of hydrogen-bond acceptors (Lipinski definition) is 1. The van der Waals surface area contributed by atoms with Crippen LogP contribution in [0, 0.1) is 5.92 Å². The fraction of sp³-hybridized carbons (Fsp3) is 0.429. The van der Waals surface area contributed by atoms with Crippen molar-refractivity contribution in [1.82, 2.24) is 0 Å². The van der Waals surface area contributed by atoms with E-state index in [9.17, 15) is 0 Å². The zero-order chi connectivity index (χ0) is 11.1. The van der Waals surface area contributed by atoms with Crippen LogP contribution in [0.2, 0.25) is 0 Å². The van der Waals surface area contributed by atoms with Gasteiger partial charge in [-0.25, -0.2) is 0 Å².